The Bertz CT molecular complexity index is 1040. The van der Waals surface area contributed by atoms with Gasteiger partial charge in [-0.25, -0.2) is 9.97 Å². The van der Waals surface area contributed by atoms with E-state index >= 15 is 0 Å². The third kappa shape index (κ3) is 3.92. The van der Waals surface area contributed by atoms with E-state index in [0.29, 0.717) is 18.9 Å². The first-order valence-corrected chi connectivity index (χ1v) is 10.7. The van der Waals surface area contributed by atoms with E-state index in [1.165, 1.54) is 18.5 Å². The van der Waals surface area contributed by atoms with Gasteiger partial charge >= 0.3 is 0 Å². The molecule has 1 aromatic carbocycles. The molecule has 30 heavy (non-hydrogen) atoms. The average molecular weight is 403 g/mol. The Balaban J connectivity index is 1.40. The molecule has 0 radical (unpaired) electrons. The number of rotatable bonds is 5. The Morgan fingerprint density at radius 1 is 1.10 bits per heavy atom. The molecule has 154 valence electrons. The Morgan fingerprint density at radius 3 is 2.67 bits per heavy atom. The first kappa shape index (κ1) is 18.8. The number of anilines is 2. The summed E-state index contributed by atoms with van der Waals surface area (Å²) < 4.78 is 0. The summed E-state index contributed by atoms with van der Waals surface area (Å²) in [5, 5.41) is 6.41. The van der Waals surface area contributed by atoms with Gasteiger partial charge < -0.3 is 15.5 Å². The number of aromatic nitrogens is 3. The standard InChI is InChI=1S/C23H26N6O/c30-21-8-3-16(14-26-21)15-27-23-22-20(24-9-10-25-22)13-19(28-23)17-4-6-18(7-5-17)29-11-1-2-12-29/h4-7,9-10,13,16H,1-3,8,11-12,14-15H2,(H,26,30)(H,27,28). The molecule has 5 rings (SSSR count). The number of amides is 1. The Morgan fingerprint density at radius 2 is 1.90 bits per heavy atom. The fourth-order valence-electron chi connectivity index (χ4n) is 4.26. The Kier molecular flexibility index (Phi) is 5.17. The topological polar surface area (TPSA) is 83.0 Å². The second-order valence-corrected chi connectivity index (χ2v) is 8.11. The van der Waals surface area contributed by atoms with Gasteiger partial charge in [-0.1, -0.05) is 12.1 Å². The summed E-state index contributed by atoms with van der Waals surface area (Å²) in [4.78, 5) is 27.7. The third-order valence-electron chi connectivity index (χ3n) is 6.02. The maximum atomic E-state index is 11.4. The minimum atomic E-state index is 0.139. The van der Waals surface area contributed by atoms with Gasteiger partial charge in [0, 0.05) is 56.2 Å². The zero-order chi connectivity index (χ0) is 20.3. The van der Waals surface area contributed by atoms with Crippen molar-refractivity contribution in [2.75, 3.05) is 36.4 Å². The second kappa shape index (κ2) is 8.26. The molecule has 2 aromatic heterocycles. The molecule has 2 aliphatic heterocycles. The number of piperidine rings is 1. The van der Waals surface area contributed by atoms with Gasteiger partial charge in [0.25, 0.3) is 0 Å². The van der Waals surface area contributed by atoms with Gasteiger partial charge in [0.05, 0.1) is 11.2 Å². The Labute approximate surface area is 175 Å². The van der Waals surface area contributed by atoms with Gasteiger partial charge in [0.2, 0.25) is 5.91 Å². The summed E-state index contributed by atoms with van der Waals surface area (Å²) in [6, 6.07) is 10.6. The zero-order valence-corrected chi connectivity index (χ0v) is 17.0. The molecule has 2 saturated heterocycles. The molecule has 1 unspecified atom stereocenters. The molecule has 1 amide bonds. The van der Waals surface area contributed by atoms with Crippen LogP contribution in [0.25, 0.3) is 22.3 Å². The summed E-state index contributed by atoms with van der Waals surface area (Å²) in [6.45, 7) is 3.72. The summed E-state index contributed by atoms with van der Waals surface area (Å²) in [6.07, 6.45) is 7.42. The second-order valence-electron chi connectivity index (χ2n) is 8.11. The lowest BCUT2D eigenvalue weighted by molar-refractivity contribution is -0.122. The number of hydrogen-bond donors (Lipinski definition) is 2. The van der Waals surface area contributed by atoms with Crippen LogP contribution in [0.5, 0.6) is 0 Å². The van der Waals surface area contributed by atoms with Crippen LogP contribution >= 0.6 is 0 Å². The van der Waals surface area contributed by atoms with Crippen molar-refractivity contribution in [3.8, 4) is 11.3 Å². The number of carbonyl (C=O) groups excluding carboxylic acids is 1. The number of nitrogens with zero attached hydrogens (tertiary/aromatic N) is 4. The monoisotopic (exact) mass is 402 g/mol. The highest BCUT2D eigenvalue weighted by Crippen LogP contribution is 2.28. The molecular formula is C23H26N6O. The highest BCUT2D eigenvalue weighted by Gasteiger charge is 2.19. The minimum Gasteiger partial charge on any atom is -0.372 e. The van der Waals surface area contributed by atoms with E-state index in [4.69, 9.17) is 4.98 Å². The molecule has 0 bridgehead atoms. The van der Waals surface area contributed by atoms with Crippen molar-refractivity contribution in [1.29, 1.82) is 0 Å². The first-order valence-electron chi connectivity index (χ1n) is 10.7. The predicted molar refractivity (Wildman–Crippen MR) is 118 cm³/mol. The van der Waals surface area contributed by atoms with Crippen molar-refractivity contribution in [2.45, 2.75) is 25.7 Å². The lowest BCUT2D eigenvalue weighted by atomic mass is 9.99. The van der Waals surface area contributed by atoms with Gasteiger partial charge in [-0.2, -0.15) is 0 Å². The number of pyridine rings is 1. The molecule has 7 heteroatoms. The molecular weight excluding hydrogens is 376 g/mol. The van der Waals surface area contributed by atoms with Crippen LogP contribution in [0.1, 0.15) is 25.7 Å². The molecule has 2 fully saturated rings. The van der Waals surface area contributed by atoms with Gasteiger partial charge in [0.15, 0.2) is 5.82 Å². The molecule has 0 aliphatic carbocycles. The van der Waals surface area contributed by atoms with Crippen molar-refractivity contribution >= 4 is 28.4 Å². The Hall–Kier alpha value is -3.22. The molecule has 1 atom stereocenters. The van der Waals surface area contributed by atoms with E-state index in [9.17, 15) is 4.79 Å². The zero-order valence-electron chi connectivity index (χ0n) is 17.0. The molecule has 0 saturated carbocycles. The van der Waals surface area contributed by atoms with E-state index in [-0.39, 0.29) is 5.91 Å². The van der Waals surface area contributed by atoms with Crippen molar-refractivity contribution in [1.82, 2.24) is 20.3 Å². The largest absolute Gasteiger partial charge is 0.372 e. The van der Waals surface area contributed by atoms with Crippen molar-refractivity contribution < 1.29 is 4.79 Å². The summed E-state index contributed by atoms with van der Waals surface area (Å²) >= 11 is 0. The lowest BCUT2D eigenvalue weighted by Crippen LogP contribution is -2.37. The fraction of sp³-hybridized carbons (Fsp3) is 0.391. The summed E-state index contributed by atoms with van der Waals surface area (Å²) in [5.74, 6) is 1.27. The minimum absolute atomic E-state index is 0.139. The van der Waals surface area contributed by atoms with E-state index in [0.717, 1.165) is 54.2 Å². The molecule has 4 heterocycles. The maximum absolute atomic E-state index is 11.4. The number of hydrogen-bond acceptors (Lipinski definition) is 6. The molecule has 0 spiro atoms. The first-order chi connectivity index (χ1) is 14.8. The smallest absolute Gasteiger partial charge is 0.220 e. The molecule has 2 N–H and O–H groups in total. The normalized spacial score (nSPS) is 19.1. The van der Waals surface area contributed by atoms with Crippen LogP contribution in [0, 0.1) is 5.92 Å². The van der Waals surface area contributed by atoms with Crippen molar-refractivity contribution in [3.63, 3.8) is 0 Å². The lowest BCUT2D eigenvalue weighted by Gasteiger charge is -2.23. The van der Waals surface area contributed by atoms with Crippen LogP contribution in [-0.4, -0.2) is 47.0 Å². The van der Waals surface area contributed by atoms with Crippen LogP contribution in [0.4, 0.5) is 11.5 Å². The summed E-state index contributed by atoms with van der Waals surface area (Å²) in [5.41, 5.74) is 4.82. The molecule has 3 aromatic rings. The van der Waals surface area contributed by atoms with Crippen molar-refractivity contribution in [3.05, 3.63) is 42.7 Å². The number of benzene rings is 1. The molecule has 2 aliphatic rings. The van der Waals surface area contributed by atoms with Crippen LogP contribution in [0.2, 0.25) is 0 Å². The molecule has 7 nitrogen and oxygen atoms in total. The van der Waals surface area contributed by atoms with Crippen LogP contribution in [0.15, 0.2) is 42.7 Å². The highest BCUT2D eigenvalue weighted by atomic mass is 16.1. The SMILES string of the molecule is O=C1CCC(CNc2nc(-c3ccc(N4CCCC4)cc3)cc3nccnc23)CN1. The summed E-state index contributed by atoms with van der Waals surface area (Å²) in [7, 11) is 0. The van der Waals surface area contributed by atoms with Gasteiger partial charge in [-0.05, 0) is 43.4 Å². The number of fused-ring (bicyclic) bond motifs is 1. The van der Waals surface area contributed by atoms with Gasteiger partial charge in [-0.3, -0.25) is 9.78 Å². The average Bonchev–Trinajstić information content (AvgIpc) is 3.33. The highest BCUT2D eigenvalue weighted by molar-refractivity contribution is 5.88. The van der Waals surface area contributed by atoms with E-state index in [1.807, 2.05) is 6.07 Å². The van der Waals surface area contributed by atoms with Gasteiger partial charge in [0.1, 0.15) is 5.52 Å². The van der Waals surface area contributed by atoms with Crippen LogP contribution < -0.4 is 15.5 Å². The fourth-order valence-corrected chi connectivity index (χ4v) is 4.26. The van der Waals surface area contributed by atoms with Crippen LogP contribution in [-0.2, 0) is 4.79 Å². The number of carbonyl (C=O) groups is 1. The number of nitrogens with one attached hydrogen (secondary N) is 2. The van der Waals surface area contributed by atoms with Gasteiger partial charge in [-0.15, -0.1) is 0 Å². The van der Waals surface area contributed by atoms with Crippen LogP contribution in [0.3, 0.4) is 0 Å². The predicted octanol–water partition coefficient (Wildman–Crippen LogP) is 3.23. The van der Waals surface area contributed by atoms with E-state index in [1.54, 1.807) is 12.4 Å². The maximum Gasteiger partial charge on any atom is 0.220 e. The third-order valence-corrected chi connectivity index (χ3v) is 6.02. The van der Waals surface area contributed by atoms with Crippen molar-refractivity contribution in [2.24, 2.45) is 5.92 Å². The van der Waals surface area contributed by atoms with E-state index < -0.39 is 0 Å². The van der Waals surface area contributed by atoms with E-state index in [2.05, 4.69) is 49.8 Å². The quantitative estimate of drug-likeness (QED) is 0.682.